The summed E-state index contributed by atoms with van der Waals surface area (Å²) in [5, 5.41) is 8.03. The van der Waals surface area contributed by atoms with Gasteiger partial charge in [0, 0.05) is 24.8 Å². The highest BCUT2D eigenvalue weighted by Gasteiger charge is 2.42. The van der Waals surface area contributed by atoms with Gasteiger partial charge in [-0.1, -0.05) is 19.8 Å². The molecular formula is C16H30N4. The molecule has 4 nitrogen and oxygen atoms in total. The van der Waals surface area contributed by atoms with Gasteiger partial charge in [0.15, 0.2) is 0 Å². The molecule has 0 bridgehead atoms. The second kappa shape index (κ2) is 6.72. The number of likely N-dealkylation sites (N-methyl/N-ethyl adjacent to an activating group) is 2. The Bertz CT molecular complexity index is 404. The fourth-order valence-corrected chi connectivity index (χ4v) is 3.81. The summed E-state index contributed by atoms with van der Waals surface area (Å²) in [5.41, 5.74) is 1.69. The highest BCUT2D eigenvalue weighted by Crippen LogP contribution is 2.38. The van der Waals surface area contributed by atoms with E-state index in [2.05, 4.69) is 42.5 Å². The largest absolute Gasteiger partial charge is 0.312 e. The summed E-state index contributed by atoms with van der Waals surface area (Å²) in [4.78, 5) is 2.47. The van der Waals surface area contributed by atoms with Gasteiger partial charge in [-0.2, -0.15) is 5.10 Å². The molecule has 1 aromatic heterocycles. The molecular weight excluding hydrogens is 248 g/mol. The first-order valence-corrected chi connectivity index (χ1v) is 7.97. The van der Waals surface area contributed by atoms with Gasteiger partial charge in [-0.3, -0.25) is 4.68 Å². The Hall–Kier alpha value is -0.870. The van der Waals surface area contributed by atoms with Crippen LogP contribution in [0, 0.1) is 0 Å². The number of nitrogens with zero attached hydrogens (tertiary/aromatic N) is 3. The van der Waals surface area contributed by atoms with E-state index < -0.39 is 0 Å². The highest BCUT2D eigenvalue weighted by atomic mass is 15.2. The first-order chi connectivity index (χ1) is 9.58. The zero-order valence-electron chi connectivity index (χ0n) is 13.5. The van der Waals surface area contributed by atoms with E-state index in [0.717, 1.165) is 13.0 Å². The van der Waals surface area contributed by atoms with E-state index in [1.54, 1.807) is 0 Å². The molecule has 2 rings (SSSR count). The van der Waals surface area contributed by atoms with Crippen LogP contribution >= 0.6 is 0 Å². The van der Waals surface area contributed by atoms with E-state index >= 15 is 0 Å². The molecule has 1 saturated carbocycles. The van der Waals surface area contributed by atoms with Gasteiger partial charge in [-0.05, 0) is 51.9 Å². The summed E-state index contributed by atoms with van der Waals surface area (Å²) in [7, 11) is 6.49. The average molecular weight is 278 g/mol. The van der Waals surface area contributed by atoms with Crippen molar-refractivity contribution >= 4 is 0 Å². The minimum atomic E-state index is 0.345. The molecule has 0 aromatic carbocycles. The first-order valence-electron chi connectivity index (χ1n) is 7.97. The summed E-state index contributed by atoms with van der Waals surface area (Å²) < 4.78 is 1.90. The average Bonchev–Trinajstić information content (AvgIpc) is 3.04. The summed E-state index contributed by atoms with van der Waals surface area (Å²) >= 11 is 0. The number of hydrogen-bond donors (Lipinski definition) is 1. The van der Waals surface area contributed by atoms with Crippen molar-refractivity contribution in [2.24, 2.45) is 7.05 Å². The van der Waals surface area contributed by atoms with Crippen molar-refractivity contribution in [3.8, 4) is 0 Å². The lowest BCUT2D eigenvalue weighted by Crippen LogP contribution is -2.57. The minimum Gasteiger partial charge on any atom is -0.312 e. The molecule has 1 unspecified atom stereocenters. The van der Waals surface area contributed by atoms with Crippen LogP contribution in [0.25, 0.3) is 0 Å². The molecule has 0 amide bonds. The second-order valence-corrected chi connectivity index (χ2v) is 6.38. The van der Waals surface area contributed by atoms with E-state index in [1.165, 1.54) is 37.7 Å². The first kappa shape index (κ1) is 15.5. The van der Waals surface area contributed by atoms with Crippen molar-refractivity contribution < 1.29 is 0 Å². The summed E-state index contributed by atoms with van der Waals surface area (Å²) in [5.74, 6) is 0. The zero-order valence-corrected chi connectivity index (χ0v) is 13.5. The maximum Gasteiger partial charge on any atom is 0.0521 e. The number of aromatic nitrogens is 2. The molecule has 0 saturated heterocycles. The van der Waals surface area contributed by atoms with Crippen molar-refractivity contribution in [2.45, 2.75) is 57.0 Å². The zero-order chi connectivity index (χ0) is 14.6. The molecule has 4 heteroatoms. The van der Waals surface area contributed by atoms with Gasteiger partial charge in [-0.25, -0.2) is 0 Å². The Morgan fingerprint density at radius 3 is 2.60 bits per heavy atom. The van der Waals surface area contributed by atoms with E-state index in [1.807, 2.05) is 17.9 Å². The summed E-state index contributed by atoms with van der Waals surface area (Å²) in [6, 6.07) is 0.574. The van der Waals surface area contributed by atoms with E-state index in [0.29, 0.717) is 11.6 Å². The van der Waals surface area contributed by atoms with Crippen LogP contribution in [0.3, 0.4) is 0 Å². The van der Waals surface area contributed by atoms with Crippen molar-refractivity contribution in [1.29, 1.82) is 0 Å². The molecule has 0 spiro atoms. The summed E-state index contributed by atoms with van der Waals surface area (Å²) in [6.07, 6.45) is 11.8. The van der Waals surface area contributed by atoms with Crippen LogP contribution in [0.2, 0.25) is 0 Å². The van der Waals surface area contributed by atoms with E-state index in [-0.39, 0.29) is 0 Å². The predicted molar refractivity (Wildman–Crippen MR) is 83.9 cm³/mol. The van der Waals surface area contributed by atoms with Crippen LogP contribution in [-0.4, -0.2) is 46.9 Å². The van der Waals surface area contributed by atoms with E-state index in [9.17, 15) is 0 Å². The molecule has 114 valence electrons. The lowest BCUT2D eigenvalue weighted by molar-refractivity contribution is 0.101. The molecule has 0 radical (unpaired) electrons. The molecule has 0 aliphatic heterocycles. The lowest BCUT2D eigenvalue weighted by Gasteiger charge is -2.44. The molecule has 1 aromatic rings. The van der Waals surface area contributed by atoms with Crippen LogP contribution < -0.4 is 5.32 Å². The normalized spacial score (nSPS) is 19.6. The lowest BCUT2D eigenvalue weighted by atomic mass is 9.83. The number of hydrogen-bond acceptors (Lipinski definition) is 3. The molecule has 1 atom stereocenters. The van der Waals surface area contributed by atoms with Gasteiger partial charge in [0.25, 0.3) is 0 Å². The van der Waals surface area contributed by atoms with Crippen LogP contribution in [-0.2, 0) is 13.5 Å². The van der Waals surface area contributed by atoms with Crippen LogP contribution in [0.4, 0.5) is 0 Å². The molecule has 1 heterocycles. The summed E-state index contributed by atoms with van der Waals surface area (Å²) in [6.45, 7) is 3.27. The minimum absolute atomic E-state index is 0.345. The Morgan fingerprint density at radius 2 is 2.10 bits per heavy atom. The second-order valence-electron chi connectivity index (χ2n) is 6.38. The third-order valence-corrected chi connectivity index (χ3v) is 4.94. The van der Waals surface area contributed by atoms with Gasteiger partial charge < -0.3 is 10.2 Å². The Labute approximate surface area is 123 Å². The quantitative estimate of drug-likeness (QED) is 0.830. The van der Waals surface area contributed by atoms with Gasteiger partial charge in [-0.15, -0.1) is 0 Å². The fourth-order valence-electron chi connectivity index (χ4n) is 3.81. The molecule has 1 aliphatic rings. The third kappa shape index (κ3) is 3.23. The standard InChI is InChI=1S/C16H30N4/c1-5-17-15(9-8-14-12-18-20(4)13-14)16(19(2)3)10-6-7-11-16/h12-13,15,17H,5-11H2,1-4H3. The molecule has 20 heavy (non-hydrogen) atoms. The Balaban J connectivity index is 2.05. The number of rotatable bonds is 7. The fraction of sp³-hybridized carbons (Fsp3) is 0.812. The van der Waals surface area contributed by atoms with Gasteiger partial charge >= 0.3 is 0 Å². The van der Waals surface area contributed by atoms with Gasteiger partial charge in [0.05, 0.1) is 6.20 Å². The smallest absolute Gasteiger partial charge is 0.0521 e. The SMILES string of the molecule is CCNC(CCc1cnn(C)c1)C1(N(C)C)CCCC1. The van der Waals surface area contributed by atoms with Crippen molar-refractivity contribution in [3.63, 3.8) is 0 Å². The highest BCUT2D eigenvalue weighted by molar-refractivity contribution is 5.07. The van der Waals surface area contributed by atoms with Gasteiger partial charge in [0.1, 0.15) is 0 Å². The van der Waals surface area contributed by atoms with Crippen molar-refractivity contribution in [2.75, 3.05) is 20.6 Å². The van der Waals surface area contributed by atoms with Crippen LogP contribution in [0.5, 0.6) is 0 Å². The van der Waals surface area contributed by atoms with Crippen molar-refractivity contribution in [1.82, 2.24) is 20.0 Å². The Kier molecular flexibility index (Phi) is 5.22. The molecule has 1 aliphatic carbocycles. The van der Waals surface area contributed by atoms with Crippen molar-refractivity contribution in [3.05, 3.63) is 18.0 Å². The topological polar surface area (TPSA) is 33.1 Å². The van der Waals surface area contributed by atoms with E-state index in [4.69, 9.17) is 0 Å². The van der Waals surface area contributed by atoms with Crippen LogP contribution in [0.15, 0.2) is 12.4 Å². The molecule has 1 fully saturated rings. The maximum atomic E-state index is 4.28. The predicted octanol–water partition coefficient (Wildman–Crippen LogP) is 2.21. The monoisotopic (exact) mass is 278 g/mol. The third-order valence-electron chi connectivity index (χ3n) is 4.94. The number of aryl methyl sites for hydroxylation is 2. The van der Waals surface area contributed by atoms with Gasteiger partial charge in [0.2, 0.25) is 0 Å². The maximum absolute atomic E-state index is 4.28. The van der Waals surface area contributed by atoms with Crippen LogP contribution in [0.1, 0.15) is 44.6 Å². The molecule has 1 N–H and O–H groups in total. The number of nitrogens with one attached hydrogen (secondary N) is 1. The Morgan fingerprint density at radius 1 is 1.40 bits per heavy atom.